The summed E-state index contributed by atoms with van der Waals surface area (Å²) in [4.78, 5) is 22.9. The number of esters is 1. The van der Waals surface area contributed by atoms with E-state index in [0.717, 1.165) is 16.8 Å². The Kier molecular flexibility index (Phi) is 4.24. The van der Waals surface area contributed by atoms with E-state index in [1.165, 1.54) is 18.5 Å². The van der Waals surface area contributed by atoms with E-state index < -0.39 is 0 Å². The van der Waals surface area contributed by atoms with Gasteiger partial charge in [-0.05, 0) is 30.3 Å². The largest absolute Gasteiger partial charge is 0.427 e. The van der Waals surface area contributed by atoms with Crippen molar-refractivity contribution >= 4 is 11.9 Å². The van der Waals surface area contributed by atoms with Crippen LogP contribution in [-0.4, -0.2) is 21.7 Å². The van der Waals surface area contributed by atoms with Crippen LogP contribution >= 0.6 is 0 Å². The molecule has 0 amide bonds. The van der Waals surface area contributed by atoms with Gasteiger partial charge in [-0.1, -0.05) is 30.3 Å². The summed E-state index contributed by atoms with van der Waals surface area (Å²) in [6, 6.07) is 18.5. The van der Waals surface area contributed by atoms with Gasteiger partial charge in [0.05, 0.1) is 11.4 Å². The van der Waals surface area contributed by atoms with Gasteiger partial charge in [0.15, 0.2) is 0 Å². The Labute approximate surface area is 139 Å². The van der Waals surface area contributed by atoms with Crippen molar-refractivity contribution in [2.24, 2.45) is 0 Å². The van der Waals surface area contributed by atoms with Crippen LogP contribution in [0.3, 0.4) is 0 Å². The van der Waals surface area contributed by atoms with Crippen LogP contribution in [0.25, 0.3) is 22.5 Å². The Bertz CT molecular complexity index is 881. The van der Waals surface area contributed by atoms with Crippen molar-refractivity contribution in [2.75, 3.05) is 0 Å². The highest BCUT2D eigenvalue weighted by atomic mass is 16.5. The standard InChI is InChI=1S/C19H16N2O3/c1-13(22)21-19(12-18(20-21)15-6-4-3-5-7-15)16-8-10-17(11-9-16)24-14(2)23/h3-12H,1-2H3. The van der Waals surface area contributed by atoms with Gasteiger partial charge in [-0.15, -0.1) is 0 Å². The number of hydrogen-bond acceptors (Lipinski definition) is 4. The molecular formula is C19H16N2O3. The lowest BCUT2D eigenvalue weighted by molar-refractivity contribution is -0.131. The predicted octanol–water partition coefficient (Wildman–Crippen LogP) is 3.80. The summed E-state index contributed by atoms with van der Waals surface area (Å²) in [5.41, 5.74) is 3.17. The Hall–Kier alpha value is -3.21. The first-order valence-corrected chi connectivity index (χ1v) is 7.50. The third kappa shape index (κ3) is 3.25. The molecule has 0 spiro atoms. The molecule has 5 heteroatoms. The Morgan fingerprint density at radius 3 is 2.17 bits per heavy atom. The molecule has 0 radical (unpaired) electrons. The summed E-state index contributed by atoms with van der Waals surface area (Å²) in [6.07, 6.45) is 0. The molecule has 0 aliphatic rings. The minimum absolute atomic E-state index is 0.170. The number of carbonyl (C=O) groups is 2. The average Bonchev–Trinajstić information content (AvgIpc) is 3.01. The van der Waals surface area contributed by atoms with Crippen LogP contribution in [0.5, 0.6) is 5.75 Å². The Morgan fingerprint density at radius 1 is 0.917 bits per heavy atom. The van der Waals surface area contributed by atoms with E-state index in [2.05, 4.69) is 5.10 Å². The first-order chi connectivity index (χ1) is 11.5. The van der Waals surface area contributed by atoms with E-state index in [0.29, 0.717) is 11.4 Å². The van der Waals surface area contributed by atoms with E-state index >= 15 is 0 Å². The predicted molar refractivity (Wildman–Crippen MR) is 90.7 cm³/mol. The van der Waals surface area contributed by atoms with Crippen molar-refractivity contribution in [1.29, 1.82) is 0 Å². The second-order valence-electron chi connectivity index (χ2n) is 5.33. The maximum absolute atomic E-state index is 11.9. The summed E-state index contributed by atoms with van der Waals surface area (Å²) < 4.78 is 6.41. The molecule has 1 aromatic heterocycles. The molecule has 0 aliphatic carbocycles. The first-order valence-electron chi connectivity index (χ1n) is 7.50. The molecule has 0 aliphatic heterocycles. The molecular weight excluding hydrogens is 304 g/mol. The van der Waals surface area contributed by atoms with Crippen molar-refractivity contribution < 1.29 is 14.3 Å². The fourth-order valence-corrected chi connectivity index (χ4v) is 2.44. The second kappa shape index (κ2) is 6.50. The zero-order chi connectivity index (χ0) is 17.1. The van der Waals surface area contributed by atoms with Crippen LogP contribution in [0.15, 0.2) is 60.7 Å². The van der Waals surface area contributed by atoms with Crippen molar-refractivity contribution in [3.8, 4) is 28.3 Å². The van der Waals surface area contributed by atoms with Gasteiger partial charge < -0.3 is 4.74 Å². The van der Waals surface area contributed by atoms with E-state index in [1.54, 1.807) is 24.3 Å². The van der Waals surface area contributed by atoms with Gasteiger partial charge in [0.1, 0.15) is 5.75 Å². The Balaban J connectivity index is 2.02. The zero-order valence-electron chi connectivity index (χ0n) is 13.4. The number of aromatic nitrogens is 2. The van der Waals surface area contributed by atoms with Crippen molar-refractivity contribution in [2.45, 2.75) is 13.8 Å². The third-order valence-corrected chi connectivity index (χ3v) is 3.49. The van der Waals surface area contributed by atoms with Gasteiger partial charge in [0, 0.05) is 25.0 Å². The van der Waals surface area contributed by atoms with Crippen LogP contribution in [0.2, 0.25) is 0 Å². The highest BCUT2D eigenvalue weighted by Crippen LogP contribution is 2.27. The third-order valence-electron chi connectivity index (χ3n) is 3.49. The normalized spacial score (nSPS) is 10.4. The van der Waals surface area contributed by atoms with Crippen LogP contribution in [0.4, 0.5) is 0 Å². The van der Waals surface area contributed by atoms with Crippen molar-refractivity contribution in [1.82, 2.24) is 9.78 Å². The highest BCUT2D eigenvalue weighted by Gasteiger charge is 2.14. The first kappa shape index (κ1) is 15.7. The fourth-order valence-electron chi connectivity index (χ4n) is 2.44. The number of ether oxygens (including phenoxy) is 1. The van der Waals surface area contributed by atoms with Crippen molar-refractivity contribution in [3.05, 3.63) is 60.7 Å². The van der Waals surface area contributed by atoms with E-state index in [1.807, 2.05) is 36.4 Å². The summed E-state index contributed by atoms with van der Waals surface area (Å²) in [6.45, 7) is 2.82. The minimum Gasteiger partial charge on any atom is -0.427 e. The molecule has 1 heterocycles. The van der Waals surface area contributed by atoms with Crippen molar-refractivity contribution in [3.63, 3.8) is 0 Å². The van der Waals surface area contributed by atoms with E-state index in [4.69, 9.17) is 4.74 Å². The Morgan fingerprint density at radius 2 is 1.58 bits per heavy atom. The van der Waals surface area contributed by atoms with Gasteiger partial charge in [-0.25, -0.2) is 0 Å². The van der Waals surface area contributed by atoms with Gasteiger partial charge >= 0.3 is 5.97 Å². The summed E-state index contributed by atoms with van der Waals surface area (Å²) in [5.74, 6) is -0.0810. The summed E-state index contributed by atoms with van der Waals surface area (Å²) >= 11 is 0. The number of benzene rings is 2. The molecule has 0 atom stereocenters. The maximum Gasteiger partial charge on any atom is 0.308 e. The SMILES string of the molecule is CC(=O)Oc1ccc(-c2cc(-c3ccccc3)nn2C(C)=O)cc1. The van der Waals surface area contributed by atoms with Crippen LogP contribution in [-0.2, 0) is 4.79 Å². The summed E-state index contributed by atoms with van der Waals surface area (Å²) in [7, 11) is 0. The van der Waals surface area contributed by atoms with Gasteiger partial charge in [-0.2, -0.15) is 9.78 Å². The van der Waals surface area contributed by atoms with E-state index in [9.17, 15) is 9.59 Å². The van der Waals surface area contributed by atoms with E-state index in [-0.39, 0.29) is 11.9 Å². The second-order valence-corrected chi connectivity index (χ2v) is 5.33. The molecule has 2 aromatic carbocycles. The smallest absolute Gasteiger partial charge is 0.308 e. The molecule has 3 aromatic rings. The van der Waals surface area contributed by atoms with Gasteiger partial charge in [-0.3, -0.25) is 9.59 Å². The van der Waals surface area contributed by atoms with Gasteiger partial charge in [0.25, 0.3) is 0 Å². The number of carbonyl (C=O) groups excluding carboxylic acids is 2. The number of rotatable bonds is 3. The van der Waals surface area contributed by atoms with Crippen LogP contribution in [0.1, 0.15) is 18.6 Å². The fraction of sp³-hybridized carbons (Fsp3) is 0.105. The highest BCUT2D eigenvalue weighted by molar-refractivity contribution is 5.83. The molecule has 0 bridgehead atoms. The quantitative estimate of drug-likeness (QED) is 0.544. The molecule has 3 rings (SSSR count). The summed E-state index contributed by atoms with van der Waals surface area (Å²) in [5, 5.41) is 4.41. The maximum atomic E-state index is 11.9. The molecule has 0 unspecified atom stereocenters. The lowest BCUT2D eigenvalue weighted by atomic mass is 10.1. The topological polar surface area (TPSA) is 61.2 Å². The van der Waals surface area contributed by atoms with Crippen LogP contribution in [0, 0.1) is 0 Å². The lowest BCUT2D eigenvalue weighted by Gasteiger charge is -2.05. The van der Waals surface area contributed by atoms with Crippen LogP contribution < -0.4 is 4.74 Å². The average molecular weight is 320 g/mol. The molecule has 0 saturated heterocycles. The molecule has 0 N–H and O–H groups in total. The monoisotopic (exact) mass is 320 g/mol. The number of nitrogens with zero attached hydrogens (tertiary/aromatic N) is 2. The molecule has 24 heavy (non-hydrogen) atoms. The minimum atomic E-state index is -0.372. The lowest BCUT2D eigenvalue weighted by Crippen LogP contribution is -2.09. The number of hydrogen-bond donors (Lipinski definition) is 0. The molecule has 5 nitrogen and oxygen atoms in total. The molecule has 120 valence electrons. The molecule has 0 fully saturated rings. The van der Waals surface area contributed by atoms with Gasteiger partial charge in [0.2, 0.25) is 5.91 Å². The molecule has 0 saturated carbocycles. The zero-order valence-corrected chi connectivity index (χ0v) is 13.4.